The fourth-order valence-corrected chi connectivity index (χ4v) is 2.56. The Morgan fingerprint density at radius 1 is 1.47 bits per heavy atom. The number of hydrogen-bond acceptors (Lipinski definition) is 3. The molecule has 2 aliphatic rings. The SMILES string of the molecule is CC1NCCCC1C(=O)N1CCC(O)C1. The summed E-state index contributed by atoms with van der Waals surface area (Å²) in [7, 11) is 0. The molecule has 0 saturated carbocycles. The van der Waals surface area contributed by atoms with E-state index in [0.717, 1.165) is 32.4 Å². The average Bonchev–Trinajstić information content (AvgIpc) is 2.65. The van der Waals surface area contributed by atoms with E-state index in [1.165, 1.54) is 0 Å². The summed E-state index contributed by atoms with van der Waals surface area (Å²) < 4.78 is 0. The number of hydrogen-bond donors (Lipinski definition) is 2. The van der Waals surface area contributed by atoms with Crippen molar-refractivity contribution in [2.45, 2.75) is 38.3 Å². The van der Waals surface area contributed by atoms with Gasteiger partial charge >= 0.3 is 0 Å². The van der Waals surface area contributed by atoms with E-state index < -0.39 is 0 Å². The molecule has 15 heavy (non-hydrogen) atoms. The number of aliphatic hydroxyl groups excluding tert-OH is 1. The van der Waals surface area contributed by atoms with Gasteiger partial charge in [0.25, 0.3) is 0 Å². The van der Waals surface area contributed by atoms with Gasteiger partial charge in [0.15, 0.2) is 0 Å². The Morgan fingerprint density at radius 2 is 2.27 bits per heavy atom. The highest BCUT2D eigenvalue weighted by Crippen LogP contribution is 2.21. The number of nitrogens with zero attached hydrogens (tertiary/aromatic N) is 1. The van der Waals surface area contributed by atoms with Crippen molar-refractivity contribution in [2.24, 2.45) is 5.92 Å². The molecular formula is C11H20N2O2. The van der Waals surface area contributed by atoms with Crippen LogP contribution in [0.1, 0.15) is 26.2 Å². The molecule has 2 fully saturated rings. The zero-order valence-electron chi connectivity index (χ0n) is 9.28. The molecule has 3 unspecified atom stereocenters. The van der Waals surface area contributed by atoms with Crippen molar-refractivity contribution < 1.29 is 9.90 Å². The van der Waals surface area contributed by atoms with Gasteiger partial charge < -0.3 is 15.3 Å². The number of aliphatic hydroxyl groups is 1. The van der Waals surface area contributed by atoms with Gasteiger partial charge in [0, 0.05) is 19.1 Å². The van der Waals surface area contributed by atoms with Gasteiger partial charge in [-0.3, -0.25) is 4.79 Å². The standard InChI is InChI=1S/C11H20N2O2/c1-8-10(3-2-5-12-8)11(15)13-6-4-9(14)7-13/h8-10,12,14H,2-7H2,1H3. The second-order valence-corrected chi connectivity index (χ2v) is 4.72. The molecule has 2 rings (SSSR count). The van der Waals surface area contributed by atoms with E-state index in [1.807, 2.05) is 4.90 Å². The second kappa shape index (κ2) is 4.49. The third-order valence-corrected chi connectivity index (χ3v) is 3.55. The Morgan fingerprint density at radius 3 is 2.87 bits per heavy atom. The van der Waals surface area contributed by atoms with E-state index in [-0.39, 0.29) is 24.0 Å². The highest BCUT2D eigenvalue weighted by molar-refractivity contribution is 5.80. The lowest BCUT2D eigenvalue weighted by molar-refractivity contribution is -0.136. The molecule has 4 nitrogen and oxygen atoms in total. The molecule has 3 atom stereocenters. The molecule has 0 aromatic rings. The number of piperidine rings is 1. The van der Waals surface area contributed by atoms with Crippen molar-refractivity contribution in [3.05, 3.63) is 0 Å². The molecule has 2 saturated heterocycles. The molecule has 4 heteroatoms. The first-order chi connectivity index (χ1) is 7.18. The first-order valence-electron chi connectivity index (χ1n) is 5.88. The van der Waals surface area contributed by atoms with Crippen LogP contribution < -0.4 is 5.32 Å². The normalized spacial score (nSPS) is 36.9. The van der Waals surface area contributed by atoms with E-state index in [9.17, 15) is 9.90 Å². The van der Waals surface area contributed by atoms with Gasteiger partial charge in [0.2, 0.25) is 5.91 Å². The van der Waals surface area contributed by atoms with Crippen molar-refractivity contribution in [2.75, 3.05) is 19.6 Å². The van der Waals surface area contributed by atoms with Gasteiger partial charge in [0.1, 0.15) is 0 Å². The summed E-state index contributed by atoms with van der Waals surface area (Å²) >= 11 is 0. The molecule has 0 spiro atoms. The number of carbonyl (C=O) groups is 1. The largest absolute Gasteiger partial charge is 0.391 e. The summed E-state index contributed by atoms with van der Waals surface area (Å²) in [6, 6.07) is 0.281. The number of nitrogens with one attached hydrogen (secondary N) is 1. The van der Waals surface area contributed by atoms with Crippen molar-refractivity contribution in [1.82, 2.24) is 10.2 Å². The summed E-state index contributed by atoms with van der Waals surface area (Å²) in [6.07, 6.45) is 2.50. The van der Waals surface area contributed by atoms with Crippen molar-refractivity contribution in [1.29, 1.82) is 0 Å². The van der Waals surface area contributed by atoms with Crippen LogP contribution in [0.15, 0.2) is 0 Å². The van der Waals surface area contributed by atoms with Crippen LogP contribution in [0.25, 0.3) is 0 Å². The van der Waals surface area contributed by atoms with Gasteiger partial charge in [-0.15, -0.1) is 0 Å². The Kier molecular flexibility index (Phi) is 3.26. The first-order valence-corrected chi connectivity index (χ1v) is 5.88. The van der Waals surface area contributed by atoms with Crippen LogP contribution in [0.4, 0.5) is 0 Å². The molecule has 0 radical (unpaired) electrons. The summed E-state index contributed by atoms with van der Waals surface area (Å²) in [5.41, 5.74) is 0. The predicted octanol–water partition coefficient (Wildman–Crippen LogP) is -0.0323. The molecule has 0 aliphatic carbocycles. The van der Waals surface area contributed by atoms with Gasteiger partial charge in [-0.25, -0.2) is 0 Å². The molecule has 0 aromatic heterocycles. The molecule has 2 heterocycles. The summed E-state index contributed by atoms with van der Waals surface area (Å²) in [4.78, 5) is 13.9. The Hall–Kier alpha value is -0.610. The number of likely N-dealkylation sites (tertiary alicyclic amines) is 1. The molecule has 2 N–H and O–H groups in total. The van der Waals surface area contributed by atoms with E-state index in [2.05, 4.69) is 12.2 Å². The summed E-state index contributed by atoms with van der Waals surface area (Å²) in [6.45, 7) is 4.35. The lowest BCUT2D eigenvalue weighted by atomic mass is 9.91. The molecule has 86 valence electrons. The summed E-state index contributed by atoms with van der Waals surface area (Å²) in [5.74, 6) is 0.343. The average molecular weight is 212 g/mol. The molecule has 2 aliphatic heterocycles. The van der Waals surface area contributed by atoms with Gasteiger partial charge in [-0.05, 0) is 32.7 Å². The van der Waals surface area contributed by atoms with Gasteiger partial charge in [0.05, 0.1) is 12.0 Å². The van der Waals surface area contributed by atoms with Crippen LogP contribution >= 0.6 is 0 Å². The summed E-state index contributed by atoms with van der Waals surface area (Å²) in [5, 5.41) is 12.7. The van der Waals surface area contributed by atoms with E-state index in [0.29, 0.717) is 6.54 Å². The highest BCUT2D eigenvalue weighted by Gasteiger charge is 2.33. The monoisotopic (exact) mass is 212 g/mol. The highest BCUT2D eigenvalue weighted by atomic mass is 16.3. The quantitative estimate of drug-likeness (QED) is 0.641. The van der Waals surface area contributed by atoms with Crippen LogP contribution in [-0.4, -0.2) is 47.7 Å². The number of amides is 1. The zero-order chi connectivity index (χ0) is 10.8. The number of carbonyl (C=O) groups excluding carboxylic acids is 1. The van der Waals surface area contributed by atoms with Crippen LogP contribution in [-0.2, 0) is 4.79 Å². The topological polar surface area (TPSA) is 52.6 Å². The first kappa shape index (κ1) is 10.9. The number of rotatable bonds is 1. The Labute approximate surface area is 90.6 Å². The van der Waals surface area contributed by atoms with Crippen molar-refractivity contribution in [3.8, 4) is 0 Å². The number of β-amino-alcohol motifs (C(OH)–C–C–N with tert-alkyl or cyclic N) is 1. The van der Waals surface area contributed by atoms with Gasteiger partial charge in [-0.2, -0.15) is 0 Å². The zero-order valence-corrected chi connectivity index (χ0v) is 9.28. The fraction of sp³-hybridized carbons (Fsp3) is 0.909. The van der Waals surface area contributed by atoms with Crippen LogP contribution in [0.2, 0.25) is 0 Å². The lowest BCUT2D eigenvalue weighted by Crippen LogP contribution is -2.47. The van der Waals surface area contributed by atoms with Crippen LogP contribution in [0.3, 0.4) is 0 Å². The lowest BCUT2D eigenvalue weighted by Gasteiger charge is -2.31. The fourth-order valence-electron chi connectivity index (χ4n) is 2.56. The maximum atomic E-state index is 12.1. The van der Waals surface area contributed by atoms with Crippen LogP contribution in [0.5, 0.6) is 0 Å². The maximum absolute atomic E-state index is 12.1. The van der Waals surface area contributed by atoms with Gasteiger partial charge in [-0.1, -0.05) is 0 Å². The third kappa shape index (κ3) is 2.32. The van der Waals surface area contributed by atoms with E-state index in [4.69, 9.17) is 0 Å². The van der Waals surface area contributed by atoms with Crippen LogP contribution in [0, 0.1) is 5.92 Å². The Bertz CT molecular complexity index is 245. The van der Waals surface area contributed by atoms with E-state index in [1.54, 1.807) is 0 Å². The predicted molar refractivity (Wildman–Crippen MR) is 57.4 cm³/mol. The molecule has 0 aromatic carbocycles. The minimum atomic E-state index is -0.305. The minimum absolute atomic E-state index is 0.115. The minimum Gasteiger partial charge on any atom is -0.391 e. The van der Waals surface area contributed by atoms with Crippen molar-refractivity contribution >= 4 is 5.91 Å². The van der Waals surface area contributed by atoms with E-state index >= 15 is 0 Å². The molecular weight excluding hydrogens is 192 g/mol. The third-order valence-electron chi connectivity index (χ3n) is 3.55. The Balaban J connectivity index is 1.94. The molecule has 0 bridgehead atoms. The smallest absolute Gasteiger partial charge is 0.227 e. The second-order valence-electron chi connectivity index (χ2n) is 4.72. The molecule has 1 amide bonds. The maximum Gasteiger partial charge on any atom is 0.227 e. The van der Waals surface area contributed by atoms with Crippen molar-refractivity contribution in [3.63, 3.8) is 0 Å².